The van der Waals surface area contributed by atoms with Crippen LogP contribution in [0.15, 0.2) is 12.1 Å². The molecule has 2 rings (SSSR count). The highest BCUT2D eigenvalue weighted by atomic mass is 35.5. The summed E-state index contributed by atoms with van der Waals surface area (Å²) in [6, 6.07) is 6.27. The minimum absolute atomic E-state index is 0.167. The smallest absolute Gasteiger partial charge is 0.0931 e. The van der Waals surface area contributed by atoms with Gasteiger partial charge in [-0.3, -0.25) is 0 Å². The monoisotopic (exact) mass is 241 g/mol. The van der Waals surface area contributed by atoms with E-state index in [1.54, 1.807) is 11.3 Å². The normalized spacial score (nSPS) is 19.3. The summed E-state index contributed by atoms with van der Waals surface area (Å²) in [4.78, 5) is 1.16. The summed E-state index contributed by atoms with van der Waals surface area (Å²) in [6.07, 6.45) is 0. The van der Waals surface area contributed by atoms with Crippen LogP contribution in [0, 0.1) is 16.7 Å². The van der Waals surface area contributed by atoms with Crippen molar-refractivity contribution in [2.45, 2.75) is 19.3 Å². The first-order chi connectivity index (χ1) is 7.02. The highest BCUT2D eigenvalue weighted by molar-refractivity contribution is 7.16. The van der Waals surface area contributed by atoms with Crippen molar-refractivity contribution in [3.8, 4) is 6.07 Å². The molecule has 0 aromatic carbocycles. The minimum atomic E-state index is -0.417. The summed E-state index contributed by atoms with van der Waals surface area (Å²) >= 11 is 7.48. The van der Waals surface area contributed by atoms with E-state index >= 15 is 0 Å². The van der Waals surface area contributed by atoms with E-state index in [-0.39, 0.29) is 5.41 Å². The molecule has 1 aliphatic heterocycles. The summed E-state index contributed by atoms with van der Waals surface area (Å²) in [5.41, 5.74) is -0.584. The van der Waals surface area contributed by atoms with E-state index in [1.165, 1.54) is 0 Å². The molecule has 2 heterocycles. The second kappa shape index (κ2) is 3.48. The van der Waals surface area contributed by atoms with Gasteiger partial charge in [-0.25, -0.2) is 0 Å². The largest absolute Gasteiger partial charge is 0.379 e. The highest BCUT2D eigenvalue weighted by Gasteiger charge is 2.53. The Morgan fingerprint density at radius 2 is 2.20 bits per heavy atom. The first kappa shape index (κ1) is 10.9. The molecule has 0 N–H and O–H groups in total. The average molecular weight is 242 g/mol. The molecule has 2 nitrogen and oxygen atoms in total. The molecule has 0 unspecified atom stereocenters. The Morgan fingerprint density at radius 3 is 2.53 bits per heavy atom. The maximum atomic E-state index is 9.23. The van der Waals surface area contributed by atoms with Crippen molar-refractivity contribution in [3.05, 3.63) is 21.3 Å². The fraction of sp³-hybridized carbons (Fsp3) is 0.545. The maximum absolute atomic E-state index is 9.23. The van der Waals surface area contributed by atoms with Crippen LogP contribution in [0.4, 0.5) is 0 Å². The van der Waals surface area contributed by atoms with Crippen LogP contribution in [-0.4, -0.2) is 13.2 Å². The Hall–Kier alpha value is -0.560. The molecule has 0 radical (unpaired) electrons. The molecule has 0 amide bonds. The van der Waals surface area contributed by atoms with Crippen LogP contribution in [0.1, 0.15) is 18.7 Å². The zero-order valence-corrected chi connectivity index (χ0v) is 10.3. The van der Waals surface area contributed by atoms with Crippen molar-refractivity contribution in [1.82, 2.24) is 0 Å². The molecule has 1 fully saturated rings. The van der Waals surface area contributed by atoms with E-state index in [2.05, 4.69) is 6.07 Å². The average Bonchev–Trinajstić information content (AvgIpc) is 2.50. The lowest BCUT2D eigenvalue weighted by molar-refractivity contribution is -0.100. The molecular formula is C11H12ClNOS. The predicted molar refractivity (Wildman–Crippen MR) is 61.2 cm³/mol. The van der Waals surface area contributed by atoms with Gasteiger partial charge in [0, 0.05) is 4.88 Å². The Labute approximate surface area is 98.4 Å². The Morgan fingerprint density at radius 1 is 1.53 bits per heavy atom. The molecule has 0 atom stereocenters. The van der Waals surface area contributed by atoms with Crippen molar-refractivity contribution in [1.29, 1.82) is 5.26 Å². The summed E-state index contributed by atoms with van der Waals surface area (Å²) in [7, 11) is 0. The number of rotatable bonds is 2. The zero-order valence-electron chi connectivity index (χ0n) is 8.71. The number of hydrogen-bond acceptors (Lipinski definition) is 3. The van der Waals surface area contributed by atoms with E-state index in [4.69, 9.17) is 16.3 Å². The fourth-order valence-electron chi connectivity index (χ4n) is 1.80. The highest BCUT2D eigenvalue weighted by Crippen LogP contribution is 2.49. The van der Waals surface area contributed by atoms with Crippen molar-refractivity contribution in [2.75, 3.05) is 13.2 Å². The van der Waals surface area contributed by atoms with Gasteiger partial charge in [0.2, 0.25) is 0 Å². The van der Waals surface area contributed by atoms with Gasteiger partial charge in [-0.05, 0) is 26.0 Å². The Kier molecular flexibility index (Phi) is 2.54. The number of thiophene rings is 1. The van der Waals surface area contributed by atoms with Gasteiger partial charge < -0.3 is 4.74 Å². The van der Waals surface area contributed by atoms with Gasteiger partial charge in [0.05, 0.1) is 34.4 Å². The SMILES string of the molecule is CC(C)(C#N)C1(c2ccc(Cl)s2)COC1. The van der Waals surface area contributed by atoms with Gasteiger partial charge in [0.15, 0.2) is 0 Å². The first-order valence-corrected chi connectivity index (χ1v) is 5.96. The van der Waals surface area contributed by atoms with Crippen LogP contribution in [0.5, 0.6) is 0 Å². The van der Waals surface area contributed by atoms with E-state index in [9.17, 15) is 5.26 Å². The lowest BCUT2D eigenvalue weighted by Crippen LogP contribution is -2.55. The summed E-state index contributed by atoms with van der Waals surface area (Å²) < 4.78 is 6.07. The number of halogens is 1. The number of hydrogen-bond donors (Lipinski definition) is 0. The minimum Gasteiger partial charge on any atom is -0.379 e. The summed E-state index contributed by atoms with van der Waals surface area (Å²) in [5, 5.41) is 9.23. The van der Waals surface area contributed by atoms with E-state index < -0.39 is 5.41 Å². The fourth-order valence-corrected chi connectivity index (χ4v) is 3.16. The lowest BCUT2D eigenvalue weighted by Gasteiger charge is -2.48. The molecule has 15 heavy (non-hydrogen) atoms. The second-order valence-corrected chi connectivity index (χ2v) is 6.13. The first-order valence-electron chi connectivity index (χ1n) is 4.77. The third-order valence-electron chi connectivity index (χ3n) is 3.22. The molecule has 1 aliphatic rings. The van der Waals surface area contributed by atoms with Crippen LogP contribution >= 0.6 is 22.9 Å². The van der Waals surface area contributed by atoms with Crippen LogP contribution in [0.25, 0.3) is 0 Å². The molecule has 0 saturated carbocycles. The quantitative estimate of drug-likeness (QED) is 0.797. The Bertz CT molecular complexity index is 414. The molecule has 0 bridgehead atoms. The predicted octanol–water partition coefficient (Wildman–Crippen LogP) is 3.22. The zero-order chi connectivity index (χ0) is 11.1. The topological polar surface area (TPSA) is 33.0 Å². The van der Waals surface area contributed by atoms with Gasteiger partial charge in [-0.15, -0.1) is 11.3 Å². The third kappa shape index (κ3) is 1.48. The molecular weight excluding hydrogens is 230 g/mol. The van der Waals surface area contributed by atoms with Gasteiger partial charge in [0.25, 0.3) is 0 Å². The van der Waals surface area contributed by atoms with Gasteiger partial charge in [-0.1, -0.05) is 11.6 Å². The van der Waals surface area contributed by atoms with Gasteiger partial charge >= 0.3 is 0 Å². The molecule has 0 spiro atoms. The Balaban J connectivity index is 2.43. The molecule has 1 aromatic rings. The lowest BCUT2D eigenvalue weighted by atomic mass is 9.64. The van der Waals surface area contributed by atoms with Crippen LogP contribution in [-0.2, 0) is 10.2 Å². The summed E-state index contributed by atoms with van der Waals surface area (Å²) in [6.45, 7) is 5.15. The van der Waals surface area contributed by atoms with Gasteiger partial charge in [0.1, 0.15) is 0 Å². The van der Waals surface area contributed by atoms with E-state index in [1.807, 2.05) is 26.0 Å². The number of nitrogens with zero attached hydrogens (tertiary/aromatic N) is 1. The van der Waals surface area contributed by atoms with Crippen LogP contribution in [0.3, 0.4) is 0 Å². The second-order valence-electron chi connectivity index (χ2n) is 4.42. The van der Waals surface area contributed by atoms with Crippen molar-refractivity contribution >= 4 is 22.9 Å². The number of ether oxygens (including phenoxy) is 1. The van der Waals surface area contributed by atoms with Crippen molar-refractivity contribution in [3.63, 3.8) is 0 Å². The van der Waals surface area contributed by atoms with Crippen molar-refractivity contribution in [2.24, 2.45) is 5.41 Å². The molecule has 0 aliphatic carbocycles. The third-order valence-corrected chi connectivity index (χ3v) is 4.65. The molecule has 1 saturated heterocycles. The molecule has 4 heteroatoms. The van der Waals surface area contributed by atoms with Crippen LogP contribution < -0.4 is 0 Å². The molecule has 80 valence electrons. The van der Waals surface area contributed by atoms with E-state index in [0.29, 0.717) is 13.2 Å². The number of nitriles is 1. The molecule has 1 aromatic heterocycles. The van der Waals surface area contributed by atoms with Gasteiger partial charge in [-0.2, -0.15) is 5.26 Å². The summed E-state index contributed by atoms with van der Waals surface area (Å²) in [5.74, 6) is 0. The van der Waals surface area contributed by atoms with Crippen LogP contribution in [0.2, 0.25) is 4.34 Å². The van der Waals surface area contributed by atoms with Crippen molar-refractivity contribution < 1.29 is 4.74 Å². The maximum Gasteiger partial charge on any atom is 0.0931 e. The van der Waals surface area contributed by atoms with E-state index in [0.717, 1.165) is 9.21 Å². The standard InChI is InChI=1S/C11H12ClNOS/c1-10(2,5-13)11(6-14-7-11)8-3-4-9(12)15-8/h3-4H,6-7H2,1-2H3.